The summed E-state index contributed by atoms with van der Waals surface area (Å²) in [6, 6.07) is 2.34. The molecule has 94 valence electrons. The van der Waals surface area contributed by atoms with Crippen LogP contribution in [0.3, 0.4) is 0 Å². The molecule has 3 nitrogen and oxygen atoms in total. The summed E-state index contributed by atoms with van der Waals surface area (Å²) in [6.07, 6.45) is 5.12. The van der Waals surface area contributed by atoms with E-state index in [2.05, 4.69) is 18.9 Å². The van der Waals surface area contributed by atoms with Gasteiger partial charge in [-0.15, -0.1) is 11.3 Å². The van der Waals surface area contributed by atoms with Gasteiger partial charge < -0.3 is 10.0 Å². The van der Waals surface area contributed by atoms with Crippen molar-refractivity contribution in [2.24, 2.45) is 5.92 Å². The van der Waals surface area contributed by atoms with Gasteiger partial charge in [-0.1, -0.05) is 19.8 Å². The summed E-state index contributed by atoms with van der Waals surface area (Å²) in [4.78, 5) is 13.6. The minimum absolute atomic E-state index is 0.426. The van der Waals surface area contributed by atoms with Gasteiger partial charge in [-0.3, -0.25) is 0 Å². The third-order valence-electron chi connectivity index (χ3n) is 3.77. The van der Waals surface area contributed by atoms with Crippen molar-refractivity contribution in [2.75, 3.05) is 11.9 Å². The first-order valence-electron chi connectivity index (χ1n) is 6.14. The van der Waals surface area contributed by atoms with Crippen LogP contribution in [0.5, 0.6) is 0 Å². The molecular formula is C13H19NO2S. The third-order valence-corrected chi connectivity index (χ3v) is 4.67. The Morgan fingerprint density at radius 1 is 1.47 bits per heavy atom. The van der Waals surface area contributed by atoms with Gasteiger partial charge >= 0.3 is 5.97 Å². The van der Waals surface area contributed by atoms with Crippen molar-refractivity contribution >= 4 is 23.0 Å². The summed E-state index contributed by atoms with van der Waals surface area (Å²) in [5, 5.41) is 10.9. The van der Waals surface area contributed by atoms with E-state index in [0.717, 1.165) is 5.69 Å². The molecule has 0 amide bonds. The largest absolute Gasteiger partial charge is 0.477 e. The van der Waals surface area contributed by atoms with Crippen molar-refractivity contribution in [2.45, 2.75) is 38.6 Å². The highest BCUT2D eigenvalue weighted by Gasteiger charge is 2.25. The van der Waals surface area contributed by atoms with Crippen LogP contribution in [0, 0.1) is 5.92 Å². The second-order valence-electron chi connectivity index (χ2n) is 4.91. The standard InChI is InChI=1S/C13H19NO2S/c1-9-5-3-4-6-11(9)14(2)10-7-12(13(15)16)17-8-10/h7-9,11H,3-6H2,1-2H3,(H,15,16). The first kappa shape index (κ1) is 12.4. The van der Waals surface area contributed by atoms with Crippen LogP contribution in [0.2, 0.25) is 0 Å². The van der Waals surface area contributed by atoms with E-state index in [0.29, 0.717) is 16.8 Å². The number of aromatic carboxylic acids is 1. The molecule has 0 aromatic carbocycles. The lowest BCUT2D eigenvalue weighted by Crippen LogP contribution is -2.38. The normalized spacial score (nSPS) is 24.6. The number of rotatable bonds is 3. The van der Waals surface area contributed by atoms with Crippen molar-refractivity contribution in [3.63, 3.8) is 0 Å². The van der Waals surface area contributed by atoms with Crippen molar-refractivity contribution < 1.29 is 9.90 Å². The zero-order valence-electron chi connectivity index (χ0n) is 10.3. The van der Waals surface area contributed by atoms with Crippen LogP contribution in [0.4, 0.5) is 5.69 Å². The Kier molecular flexibility index (Phi) is 3.72. The maximum atomic E-state index is 10.9. The number of hydrogen-bond acceptors (Lipinski definition) is 3. The average molecular weight is 253 g/mol. The smallest absolute Gasteiger partial charge is 0.345 e. The predicted molar refractivity (Wildman–Crippen MR) is 71.1 cm³/mol. The predicted octanol–water partition coefficient (Wildman–Crippen LogP) is 3.46. The molecule has 0 saturated heterocycles. The second-order valence-corrected chi connectivity index (χ2v) is 5.83. The van der Waals surface area contributed by atoms with Gasteiger partial charge in [0.15, 0.2) is 0 Å². The van der Waals surface area contributed by atoms with E-state index in [1.165, 1.54) is 37.0 Å². The molecule has 1 fully saturated rings. The number of carboxylic acid groups (broad SMARTS) is 1. The number of anilines is 1. The monoisotopic (exact) mass is 253 g/mol. The Bertz CT molecular complexity index is 402. The Labute approximate surface area is 106 Å². The fourth-order valence-corrected chi connectivity index (χ4v) is 3.46. The van der Waals surface area contributed by atoms with E-state index in [1.54, 1.807) is 6.07 Å². The van der Waals surface area contributed by atoms with Gasteiger partial charge in [0.2, 0.25) is 0 Å². The zero-order chi connectivity index (χ0) is 12.4. The Hall–Kier alpha value is -1.03. The minimum atomic E-state index is -0.827. The highest BCUT2D eigenvalue weighted by Crippen LogP contribution is 2.32. The molecule has 2 atom stereocenters. The molecule has 0 bridgehead atoms. The van der Waals surface area contributed by atoms with Crippen LogP contribution >= 0.6 is 11.3 Å². The molecule has 1 heterocycles. The highest BCUT2D eigenvalue weighted by molar-refractivity contribution is 7.12. The Morgan fingerprint density at radius 2 is 2.18 bits per heavy atom. The summed E-state index contributed by atoms with van der Waals surface area (Å²) < 4.78 is 0. The zero-order valence-corrected chi connectivity index (χ0v) is 11.2. The van der Waals surface area contributed by atoms with E-state index in [9.17, 15) is 4.79 Å². The molecule has 0 spiro atoms. The van der Waals surface area contributed by atoms with Crippen molar-refractivity contribution in [3.8, 4) is 0 Å². The van der Waals surface area contributed by atoms with E-state index < -0.39 is 5.97 Å². The molecule has 1 saturated carbocycles. The molecule has 2 unspecified atom stereocenters. The molecule has 17 heavy (non-hydrogen) atoms. The number of thiophene rings is 1. The lowest BCUT2D eigenvalue weighted by atomic mass is 9.85. The first-order valence-corrected chi connectivity index (χ1v) is 7.02. The summed E-state index contributed by atoms with van der Waals surface area (Å²) in [5.74, 6) is -0.131. The lowest BCUT2D eigenvalue weighted by molar-refractivity contribution is 0.0702. The molecular weight excluding hydrogens is 234 g/mol. The third kappa shape index (κ3) is 2.63. The fourth-order valence-electron chi connectivity index (χ4n) is 2.69. The minimum Gasteiger partial charge on any atom is -0.477 e. The van der Waals surface area contributed by atoms with Gasteiger partial charge in [-0.2, -0.15) is 0 Å². The summed E-state index contributed by atoms with van der Waals surface area (Å²) in [6.45, 7) is 2.30. The number of hydrogen-bond donors (Lipinski definition) is 1. The van der Waals surface area contributed by atoms with Gasteiger partial charge in [-0.05, 0) is 24.8 Å². The molecule has 0 radical (unpaired) electrons. The maximum absolute atomic E-state index is 10.9. The SMILES string of the molecule is CC1CCCCC1N(C)c1csc(C(=O)O)c1. The van der Waals surface area contributed by atoms with Gasteiger partial charge in [0.1, 0.15) is 4.88 Å². The quantitative estimate of drug-likeness (QED) is 0.896. The maximum Gasteiger partial charge on any atom is 0.345 e. The second kappa shape index (κ2) is 5.08. The van der Waals surface area contributed by atoms with Crippen molar-refractivity contribution in [1.29, 1.82) is 0 Å². The molecule has 1 aromatic heterocycles. The molecule has 1 N–H and O–H groups in total. The summed E-state index contributed by atoms with van der Waals surface area (Å²) >= 11 is 1.31. The van der Waals surface area contributed by atoms with Gasteiger partial charge in [0.25, 0.3) is 0 Å². The van der Waals surface area contributed by atoms with Crippen LogP contribution in [-0.4, -0.2) is 24.2 Å². The van der Waals surface area contributed by atoms with E-state index in [4.69, 9.17) is 5.11 Å². The fraction of sp³-hybridized carbons (Fsp3) is 0.615. The number of carbonyl (C=O) groups is 1. The van der Waals surface area contributed by atoms with E-state index >= 15 is 0 Å². The Morgan fingerprint density at radius 3 is 2.76 bits per heavy atom. The highest BCUT2D eigenvalue weighted by atomic mass is 32.1. The van der Waals surface area contributed by atoms with Gasteiger partial charge in [0.05, 0.1) is 0 Å². The lowest BCUT2D eigenvalue weighted by Gasteiger charge is -2.37. The molecule has 1 aliphatic rings. The molecule has 1 aliphatic carbocycles. The first-order chi connectivity index (χ1) is 8.09. The average Bonchev–Trinajstić information content (AvgIpc) is 2.78. The Balaban J connectivity index is 2.12. The van der Waals surface area contributed by atoms with Gasteiger partial charge in [0, 0.05) is 24.2 Å². The van der Waals surface area contributed by atoms with Crippen molar-refractivity contribution in [3.05, 3.63) is 16.3 Å². The van der Waals surface area contributed by atoms with E-state index in [-0.39, 0.29) is 0 Å². The molecule has 1 aromatic rings. The molecule has 4 heteroatoms. The van der Waals surface area contributed by atoms with Crippen LogP contribution < -0.4 is 4.90 Å². The van der Waals surface area contributed by atoms with Crippen molar-refractivity contribution in [1.82, 2.24) is 0 Å². The summed E-state index contributed by atoms with van der Waals surface area (Å²) in [5.41, 5.74) is 1.05. The molecule has 0 aliphatic heterocycles. The van der Waals surface area contributed by atoms with Gasteiger partial charge in [-0.25, -0.2) is 4.79 Å². The molecule has 2 rings (SSSR count). The summed E-state index contributed by atoms with van der Waals surface area (Å²) in [7, 11) is 2.08. The van der Waals surface area contributed by atoms with E-state index in [1.807, 2.05) is 5.38 Å². The number of carboxylic acids is 1. The topological polar surface area (TPSA) is 40.5 Å². The van der Waals surface area contributed by atoms with Crippen LogP contribution in [0.1, 0.15) is 42.3 Å². The van der Waals surface area contributed by atoms with Crippen LogP contribution in [-0.2, 0) is 0 Å². The van der Waals surface area contributed by atoms with Crippen LogP contribution in [0.25, 0.3) is 0 Å². The number of nitrogens with zero attached hydrogens (tertiary/aromatic N) is 1. The van der Waals surface area contributed by atoms with Crippen LogP contribution in [0.15, 0.2) is 11.4 Å².